The Morgan fingerprint density at radius 3 is 1.96 bits per heavy atom. The van der Waals surface area contributed by atoms with Gasteiger partial charge in [0.25, 0.3) is 0 Å². The largest absolute Gasteiger partial charge is 0.456 e. The minimum Gasteiger partial charge on any atom is -0.456 e. The smallest absolute Gasteiger partial charge is 0.137 e. The van der Waals surface area contributed by atoms with E-state index in [1.807, 2.05) is 42.5 Å². The van der Waals surface area contributed by atoms with Gasteiger partial charge in [0.1, 0.15) is 22.2 Å². The van der Waals surface area contributed by atoms with Crippen LogP contribution in [-0.2, 0) is 0 Å². The van der Waals surface area contributed by atoms with E-state index in [4.69, 9.17) is 14.6 Å². The first-order valence-corrected chi connectivity index (χ1v) is 18.5. The van der Waals surface area contributed by atoms with Crippen molar-refractivity contribution in [2.75, 3.05) is 4.90 Å². The molecule has 0 atom stereocenters. The summed E-state index contributed by atoms with van der Waals surface area (Å²) in [4.78, 5) is 4.11. The molecular weight excluding hydrogens is 673 g/mol. The van der Waals surface area contributed by atoms with Gasteiger partial charge in [0.2, 0.25) is 0 Å². The zero-order valence-electron chi connectivity index (χ0n) is 29.7. The maximum atomic E-state index is 6.44. The average Bonchev–Trinajstić information content (AvgIpc) is 3.87. The lowest BCUT2D eigenvalue weighted by Crippen LogP contribution is -2.10. The Kier molecular flexibility index (Phi) is 7.10. The summed E-state index contributed by atoms with van der Waals surface area (Å²) in [6.07, 6.45) is 0. The summed E-state index contributed by atoms with van der Waals surface area (Å²) in [5.74, 6) is 0. The highest BCUT2D eigenvalue weighted by Gasteiger charge is 2.21. The van der Waals surface area contributed by atoms with Crippen LogP contribution in [0, 0.1) is 0 Å². The molecule has 0 radical (unpaired) electrons. The number of hydrogen-bond acceptors (Lipinski definition) is 4. The predicted molar refractivity (Wildman–Crippen MR) is 227 cm³/mol. The Morgan fingerprint density at radius 1 is 0.436 bits per heavy atom. The van der Waals surface area contributed by atoms with Gasteiger partial charge in [-0.3, -0.25) is 0 Å². The summed E-state index contributed by atoms with van der Waals surface area (Å²) in [6, 6.07) is 68.2. The molecule has 5 nitrogen and oxygen atoms in total. The van der Waals surface area contributed by atoms with Crippen LogP contribution in [0.15, 0.2) is 199 Å². The molecule has 0 fully saturated rings. The third-order valence-corrected chi connectivity index (χ3v) is 10.6. The Labute approximate surface area is 316 Å². The number of benzene rings is 9. The van der Waals surface area contributed by atoms with Crippen molar-refractivity contribution < 1.29 is 4.42 Å². The number of furan rings is 1. The monoisotopic (exact) mass is 704 g/mol. The van der Waals surface area contributed by atoms with Crippen LogP contribution in [0.4, 0.5) is 17.1 Å². The van der Waals surface area contributed by atoms with Crippen molar-refractivity contribution in [2.24, 2.45) is 0 Å². The highest BCUT2D eigenvalue weighted by molar-refractivity contribution is 6.19. The SMILES string of the molecule is c1ccc(-c2ccccc2-c2cccc(N(c3ccc4ccc5ccc6nn(-c7ccccc7)nc6c5c4c3)c3cccc4oc5ccccc5c34)c2)cc1. The molecule has 0 amide bonds. The Bertz CT molecular complexity index is 3220. The lowest BCUT2D eigenvalue weighted by molar-refractivity contribution is 0.669. The van der Waals surface area contributed by atoms with Crippen LogP contribution in [0.3, 0.4) is 0 Å². The van der Waals surface area contributed by atoms with Crippen molar-refractivity contribution >= 4 is 71.6 Å². The van der Waals surface area contributed by atoms with Crippen molar-refractivity contribution in [3.8, 4) is 27.9 Å². The zero-order chi connectivity index (χ0) is 36.3. The molecule has 55 heavy (non-hydrogen) atoms. The molecule has 9 aromatic carbocycles. The molecule has 258 valence electrons. The van der Waals surface area contributed by atoms with E-state index in [1.165, 1.54) is 16.7 Å². The fourth-order valence-electron chi connectivity index (χ4n) is 8.11. The van der Waals surface area contributed by atoms with Crippen molar-refractivity contribution in [3.63, 3.8) is 0 Å². The van der Waals surface area contributed by atoms with Gasteiger partial charge in [0, 0.05) is 22.1 Å². The maximum Gasteiger partial charge on any atom is 0.137 e. The fourth-order valence-corrected chi connectivity index (χ4v) is 8.11. The summed E-state index contributed by atoms with van der Waals surface area (Å²) in [5, 5.41) is 16.6. The van der Waals surface area contributed by atoms with E-state index in [2.05, 4.69) is 157 Å². The molecule has 0 aliphatic heterocycles. The quantitative estimate of drug-likeness (QED) is 0.162. The minimum atomic E-state index is 0.847. The molecule has 0 spiro atoms. The maximum absolute atomic E-state index is 6.44. The van der Waals surface area contributed by atoms with Gasteiger partial charge < -0.3 is 9.32 Å². The normalized spacial score (nSPS) is 11.6. The standard InChI is InChI=1S/C50H32N4O/c1-3-13-33(14-4-1)40-19-7-8-20-41(40)36-15-11-18-38(31-36)53(45-22-12-24-47-49(45)42-21-9-10-23-46(42)55-47)39-29-27-34-25-26-35-28-30-44-50(48(35)43(34)32-39)52-54(51-44)37-16-5-2-6-17-37/h1-32H. The van der Waals surface area contributed by atoms with Gasteiger partial charge in [-0.15, -0.1) is 10.2 Å². The molecule has 0 saturated carbocycles. The van der Waals surface area contributed by atoms with Gasteiger partial charge in [-0.2, -0.15) is 4.80 Å². The molecule has 11 aromatic rings. The number of fused-ring (bicyclic) bond motifs is 8. The van der Waals surface area contributed by atoms with E-state index in [1.54, 1.807) is 4.80 Å². The molecule has 0 aliphatic rings. The average molecular weight is 705 g/mol. The molecule has 0 N–H and O–H groups in total. The molecular formula is C50H32N4O. The first kappa shape index (κ1) is 31.1. The van der Waals surface area contributed by atoms with Crippen LogP contribution in [0.25, 0.3) is 82.5 Å². The summed E-state index contributed by atoms with van der Waals surface area (Å²) < 4.78 is 6.44. The van der Waals surface area contributed by atoms with Gasteiger partial charge >= 0.3 is 0 Å². The van der Waals surface area contributed by atoms with Crippen molar-refractivity contribution in [3.05, 3.63) is 194 Å². The Balaban J connectivity index is 1.17. The van der Waals surface area contributed by atoms with E-state index in [0.29, 0.717) is 0 Å². The molecule has 11 rings (SSSR count). The van der Waals surface area contributed by atoms with E-state index in [0.717, 1.165) is 82.8 Å². The van der Waals surface area contributed by atoms with Crippen molar-refractivity contribution in [2.45, 2.75) is 0 Å². The minimum absolute atomic E-state index is 0.847. The molecule has 5 heteroatoms. The van der Waals surface area contributed by atoms with Gasteiger partial charge in [-0.25, -0.2) is 0 Å². The second-order valence-electron chi connectivity index (χ2n) is 13.9. The first-order valence-electron chi connectivity index (χ1n) is 18.5. The van der Waals surface area contributed by atoms with Crippen LogP contribution in [-0.4, -0.2) is 15.0 Å². The number of nitrogens with zero attached hydrogens (tertiary/aromatic N) is 4. The Hall–Kier alpha value is -7.50. The summed E-state index contributed by atoms with van der Waals surface area (Å²) in [5.41, 5.74) is 12.2. The molecule has 0 saturated heterocycles. The topological polar surface area (TPSA) is 47.1 Å². The molecule has 0 unspecified atom stereocenters. The van der Waals surface area contributed by atoms with E-state index in [9.17, 15) is 0 Å². The number of anilines is 3. The number of para-hydroxylation sites is 2. The van der Waals surface area contributed by atoms with E-state index >= 15 is 0 Å². The Morgan fingerprint density at radius 2 is 1.09 bits per heavy atom. The van der Waals surface area contributed by atoms with Gasteiger partial charge in [0.05, 0.1) is 16.8 Å². The van der Waals surface area contributed by atoms with Crippen molar-refractivity contribution in [1.29, 1.82) is 0 Å². The van der Waals surface area contributed by atoms with Crippen LogP contribution in [0.5, 0.6) is 0 Å². The summed E-state index contributed by atoms with van der Waals surface area (Å²) >= 11 is 0. The van der Waals surface area contributed by atoms with Gasteiger partial charge in [-0.05, 0) is 99.1 Å². The first-order chi connectivity index (χ1) is 27.3. The molecule has 2 heterocycles. The van der Waals surface area contributed by atoms with Crippen LogP contribution in [0.1, 0.15) is 0 Å². The number of hydrogen-bond donors (Lipinski definition) is 0. The van der Waals surface area contributed by atoms with Crippen LogP contribution in [0.2, 0.25) is 0 Å². The summed E-state index contributed by atoms with van der Waals surface area (Å²) in [6.45, 7) is 0. The van der Waals surface area contributed by atoms with Crippen LogP contribution < -0.4 is 4.90 Å². The van der Waals surface area contributed by atoms with E-state index < -0.39 is 0 Å². The number of rotatable bonds is 6. The van der Waals surface area contributed by atoms with E-state index in [-0.39, 0.29) is 0 Å². The zero-order valence-corrected chi connectivity index (χ0v) is 29.7. The lowest BCUT2D eigenvalue weighted by Gasteiger charge is -2.27. The predicted octanol–water partition coefficient (Wildman–Crippen LogP) is 13.4. The third kappa shape index (κ3) is 5.17. The van der Waals surface area contributed by atoms with Gasteiger partial charge in [0.15, 0.2) is 0 Å². The van der Waals surface area contributed by atoms with Crippen molar-refractivity contribution in [1.82, 2.24) is 15.0 Å². The highest BCUT2D eigenvalue weighted by Crippen LogP contribution is 2.45. The molecule has 0 aliphatic carbocycles. The lowest BCUT2D eigenvalue weighted by atomic mass is 9.94. The fraction of sp³-hybridized carbons (Fsp3) is 0. The second kappa shape index (κ2) is 12.6. The van der Waals surface area contributed by atoms with Gasteiger partial charge in [-0.1, -0.05) is 133 Å². The molecule has 0 bridgehead atoms. The molecule has 2 aromatic heterocycles. The second-order valence-corrected chi connectivity index (χ2v) is 13.9. The third-order valence-electron chi connectivity index (χ3n) is 10.6. The number of aromatic nitrogens is 3. The highest BCUT2D eigenvalue weighted by atomic mass is 16.3. The van der Waals surface area contributed by atoms with Crippen LogP contribution >= 0.6 is 0 Å². The summed E-state index contributed by atoms with van der Waals surface area (Å²) in [7, 11) is 0.